The lowest BCUT2D eigenvalue weighted by Crippen LogP contribution is -2.53. The number of carboxylic acid groups (broad SMARTS) is 5. The minimum Gasteiger partial charge on any atom is -0.481 e. The Kier molecular flexibility index (Phi) is 85.8. The van der Waals surface area contributed by atoms with E-state index in [2.05, 4.69) is 231 Å². The fourth-order valence-electron chi connectivity index (χ4n) is 10.2. The molecule has 4 fully saturated rings. The van der Waals surface area contributed by atoms with Crippen LogP contribution in [-0.2, 0) is 48.4 Å². The predicted molar refractivity (Wildman–Crippen MR) is 519 cm³/mol. The van der Waals surface area contributed by atoms with Crippen LogP contribution in [0.15, 0.2) is 23.1 Å². The number of hydrogen-bond donors (Lipinski definition) is 25. The highest BCUT2D eigenvalue weighted by molar-refractivity contribution is 5.78. The molecule has 25 N–H and O–H groups in total. The Morgan fingerprint density at radius 2 is 1.03 bits per heavy atom. The van der Waals surface area contributed by atoms with E-state index in [1.165, 1.54) is 29.9 Å². The summed E-state index contributed by atoms with van der Waals surface area (Å²) in [6, 6.07) is 9.00. The zero-order valence-electron chi connectivity index (χ0n) is 84.7. The van der Waals surface area contributed by atoms with Gasteiger partial charge < -0.3 is 125 Å². The molecule has 41 heteroatoms. The number of aromatic amines is 3. The van der Waals surface area contributed by atoms with E-state index in [0.29, 0.717) is 118 Å². The lowest BCUT2D eigenvalue weighted by molar-refractivity contribution is -0.147. The first-order valence-electron chi connectivity index (χ1n) is 46.1. The molecule has 4 saturated heterocycles. The number of aromatic nitrogens is 9. The number of H-pyrrole nitrogens is 3. The molecule has 0 saturated carbocycles. The third-order valence-corrected chi connectivity index (χ3v) is 17.9. The first kappa shape index (κ1) is 136. The number of hydrogen-bond acceptors (Lipinski definition) is 31. The van der Waals surface area contributed by atoms with Crippen LogP contribution < -0.4 is 64.2 Å². The molecule has 3 aromatic rings. The number of carboxylic acids is 5. The molecule has 0 aliphatic carbocycles. The van der Waals surface area contributed by atoms with Gasteiger partial charge in [0.15, 0.2) is 5.82 Å². The molecular formula is C89H191N23O18. The van der Waals surface area contributed by atoms with Crippen molar-refractivity contribution in [2.45, 2.75) is 407 Å². The SMILES string of the molecule is C.CC(C)N1CC(O)C1.CC(C)N1CCC1.CC(C)N1CCCCC1C(=O)O.CC(C)NC(CO)C(=O)O.CC(C)NCC(C)(C)C(=O)O.CC(C)NCC(C)(C)O.CC(C)NCC(O)CC(=O)O.CC(C)NCC(O)CC(=O)O.CC(C)NCC1CCC(=O)N1.CC(C)NCCO.CC(C)NCCn1nn[nH]c1=O.CC(C)NCc1ccc[nH]1.CC(C)NCc1nn[nH]n1. The minimum absolute atomic E-state index is 0. The number of likely N-dealkylation sites (tertiary alicyclic amines) is 3. The number of β-amino-alcohol motifs (C(OH)–C–C–N with tert-alkyl or cyclic N) is 1. The van der Waals surface area contributed by atoms with Crippen LogP contribution in [0.1, 0.15) is 278 Å². The number of tetrazole rings is 2. The number of rotatable bonds is 41. The van der Waals surface area contributed by atoms with Crippen LogP contribution in [0.25, 0.3) is 0 Å². The third-order valence-electron chi connectivity index (χ3n) is 17.9. The monoisotopic (exact) mass is 1870 g/mol. The average Bonchev–Trinajstić information content (AvgIpc) is 0.924. The van der Waals surface area contributed by atoms with Crippen molar-refractivity contribution in [2.24, 2.45) is 5.41 Å². The van der Waals surface area contributed by atoms with Crippen molar-refractivity contribution in [3.05, 3.63) is 40.3 Å². The second-order valence-corrected chi connectivity index (χ2v) is 37.1. The maximum absolute atomic E-state index is 10.8. The topological polar surface area (TPSA) is 601 Å². The van der Waals surface area contributed by atoms with Gasteiger partial charge >= 0.3 is 35.5 Å². The summed E-state index contributed by atoms with van der Waals surface area (Å²) < 4.78 is 1.29. The molecule has 4 aliphatic rings. The summed E-state index contributed by atoms with van der Waals surface area (Å²) >= 11 is 0. The van der Waals surface area contributed by atoms with Crippen molar-refractivity contribution < 1.29 is 84.9 Å². The maximum Gasteiger partial charge on any atom is 0.361 e. The first-order chi connectivity index (χ1) is 59.7. The van der Waals surface area contributed by atoms with Crippen LogP contribution in [0.3, 0.4) is 0 Å². The Balaban J connectivity index is -0.000000253. The number of amides is 1. The fourth-order valence-corrected chi connectivity index (χ4v) is 10.2. The molecule has 7 rings (SSSR count). The molecule has 0 aromatic carbocycles. The Labute approximate surface area is 780 Å². The van der Waals surface area contributed by atoms with Gasteiger partial charge in [-0.15, -0.1) is 10.2 Å². The minimum atomic E-state index is -1.02. The highest BCUT2D eigenvalue weighted by Gasteiger charge is 2.31. The molecule has 770 valence electrons. The Bertz CT molecular complexity index is 3090. The van der Waals surface area contributed by atoms with E-state index in [1.807, 2.05) is 81.5 Å². The smallest absolute Gasteiger partial charge is 0.361 e. The van der Waals surface area contributed by atoms with E-state index < -0.39 is 59.1 Å². The highest BCUT2D eigenvalue weighted by atomic mass is 16.4. The highest BCUT2D eigenvalue weighted by Crippen LogP contribution is 2.20. The maximum atomic E-state index is 10.8. The lowest BCUT2D eigenvalue weighted by Gasteiger charge is -2.38. The second kappa shape index (κ2) is 81.8. The van der Waals surface area contributed by atoms with E-state index in [4.69, 9.17) is 51.1 Å². The van der Waals surface area contributed by atoms with Crippen LogP contribution in [0, 0.1) is 5.41 Å². The van der Waals surface area contributed by atoms with Gasteiger partial charge in [0.25, 0.3) is 0 Å². The van der Waals surface area contributed by atoms with E-state index in [9.17, 15) is 38.7 Å². The van der Waals surface area contributed by atoms with Gasteiger partial charge in [0.2, 0.25) is 5.91 Å². The van der Waals surface area contributed by atoms with Crippen molar-refractivity contribution in [2.75, 3.05) is 91.8 Å². The molecule has 130 heavy (non-hydrogen) atoms. The van der Waals surface area contributed by atoms with Crippen molar-refractivity contribution in [3.63, 3.8) is 0 Å². The van der Waals surface area contributed by atoms with Crippen LogP contribution in [0.2, 0.25) is 0 Å². The number of aliphatic hydroxyl groups is 6. The molecule has 41 nitrogen and oxygen atoms in total. The van der Waals surface area contributed by atoms with Gasteiger partial charge in [-0.3, -0.25) is 38.6 Å². The second-order valence-electron chi connectivity index (χ2n) is 37.1. The first-order valence-corrected chi connectivity index (χ1v) is 46.1. The molecule has 7 heterocycles. The zero-order chi connectivity index (χ0) is 101. The summed E-state index contributed by atoms with van der Waals surface area (Å²) in [7, 11) is 0. The number of carbonyl (C=O) groups excluding carboxylic acids is 1. The van der Waals surface area contributed by atoms with E-state index in [-0.39, 0.29) is 75.4 Å². The predicted octanol–water partition coefficient (Wildman–Crippen LogP) is 4.48. The summed E-state index contributed by atoms with van der Waals surface area (Å²) in [5.74, 6) is -3.48. The summed E-state index contributed by atoms with van der Waals surface area (Å²) in [4.78, 5) is 83.3. The number of carbonyl (C=O) groups is 6. The van der Waals surface area contributed by atoms with Crippen molar-refractivity contribution in [1.29, 1.82) is 0 Å². The lowest BCUT2D eigenvalue weighted by atomic mass is 9.94. The molecule has 0 radical (unpaired) electrons. The Morgan fingerprint density at radius 3 is 1.32 bits per heavy atom. The van der Waals surface area contributed by atoms with Crippen LogP contribution in [0.5, 0.6) is 0 Å². The third kappa shape index (κ3) is 91.8. The van der Waals surface area contributed by atoms with Crippen LogP contribution >= 0.6 is 0 Å². The number of nitrogens with zero attached hydrogens (tertiary/aromatic N) is 9. The largest absolute Gasteiger partial charge is 0.481 e. The summed E-state index contributed by atoms with van der Waals surface area (Å²) in [5, 5.41) is 152. The quantitative estimate of drug-likeness (QED) is 0.0372. The Morgan fingerprint density at radius 1 is 0.554 bits per heavy atom. The van der Waals surface area contributed by atoms with Gasteiger partial charge in [0, 0.05) is 168 Å². The molecule has 4 aliphatic heterocycles. The van der Waals surface area contributed by atoms with Gasteiger partial charge in [-0.2, -0.15) is 9.90 Å². The van der Waals surface area contributed by atoms with Gasteiger partial charge in [-0.05, 0) is 137 Å². The van der Waals surface area contributed by atoms with Crippen LogP contribution in [-0.4, -0.2) is 365 Å². The van der Waals surface area contributed by atoms with Gasteiger partial charge in [-0.1, -0.05) is 158 Å². The number of piperidine rings is 1. The molecule has 5 atom stereocenters. The molecule has 5 unspecified atom stereocenters. The van der Waals surface area contributed by atoms with Crippen LogP contribution in [0.4, 0.5) is 0 Å². The standard InChI is InChI=1S/C9H17NO2.C8H16N2O.C8H14N2.C8H17NO2.2C7H15NO3.C7H17NO.C6H13N5O.C6H13NO3.C6H13NO.C6H13N.C5H11N5.C5H13NO.CH4/c1-7(2)10-6-4-3-5-8(10)9(11)12;1-6(2)9-5-7-3-4-8(11)10-7;1-7(2)10-6-8-4-3-5-9-8;1-6(2)9-5-8(3,4)7(10)11;2*1-5(2)8-4-6(9)3-7(10)11;1-6(2)8-5-7(3,4)9;1-5(2)7-3-4-11-6(12)8-9-10-11;1-4(2)7-5(3-8)6(9)10;1-5(2)7-3-6(8)4-7;1-6(2)7-4-3-5-7;1-4(2)6-3-5-7-9-10-8-5;1-5(2)6-3-4-7;/h7-8H,3-6H2,1-2H3,(H,11,12);6-7,9H,3-5H2,1-2H3,(H,10,11);3-5,7,9-10H,6H2,1-2H3;6,9H,5H2,1-4H3,(H,10,11);2*5-6,8-9H,3-4H2,1-2H3,(H,10,11);6,8-9H,5H2,1-4H3;5,7H,3-4H2,1-2H3,(H,8,10,12);4-5,7-8H,3H2,1-2H3,(H,9,10);5-6,8H,3-4H2,1-2H3;6H,3-5H2,1-2H3;4,6H,3H2,1-2H3,(H,7,8,9,10);5-7H,3-4H2,1-2H3;1H4. The average molecular weight is 1870 g/mol. The van der Waals surface area contributed by atoms with Gasteiger partial charge in [0.05, 0.1) is 68.5 Å². The van der Waals surface area contributed by atoms with E-state index in [0.717, 1.165) is 71.0 Å². The van der Waals surface area contributed by atoms with Crippen molar-refractivity contribution in [1.82, 2.24) is 119 Å². The van der Waals surface area contributed by atoms with Crippen molar-refractivity contribution in [3.8, 4) is 0 Å². The molecular weight excluding hydrogens is 1680 g/mol. The van der Waals surface area contributed by atoms with E-state index in [1.54, 1.807) is 27.7 Å². The number of aliphatic carboxylic acids is 5. The fraction of sp³-hybridized carbons (Fsp3) is 0.865. The summed E-state index contributed by atoms with van der Waals surface area (Å²) in [6.45, 7) is 71.8. The van der Waals surface area contributed by atoms with Gasteiger partial charge in [0.1, 0.15) is 12.1 Å². The summed E-state index contributed by atoms with van der Waals surface area (Å²) in [5.41, 5.74) is -0.261. The molecule has 3 aromatic heterocycles. The molecule has 0 bridgehead atoms. The summed E-state index contributed by atoms with van der Waals surface area (Å²) in [6.07, 6.45) is 6.05. The number of aliphatic hydroxyl groups excluding tert-OH is 5. The zero-order valence-corrected chi connectivity index (χ0v) is 84.7. The normalized spacial score (nSPS) is 15.6. The van der Waals surface area contributed by atoms with E-state index >= 15 is 0 Å². The van der Waals surface area contributed by atoms with Crippen molar-refractivity contribution >= 4 is 35.8 Å². The molecule has 1 amide bonds. The van der Waals surface area contributed by atoms with Gasteiger partial charge in [-0.25, -0.2) is 9.89 Å². The molecule has 0 spiro atoms. The number of nitrogens with one attached hydrogen (secondary N) is 14. The Hall–Kier alpha value is -6.72.